The molecule has 0 radical (unpaired) electrons. The summed E-state index contributed by atoms with van der Waals surface area (Å²) in [7, 11) is 0. The first-order chi connectivity index (χ1) is 16.0. The summed E-state index contributed by atoms with van der Waals surface area (Å²) in [5.74, 6) is 0.364. The highest BCUT2D eigenvalue weighted by atomic mass is 35.5. The van der Waals surface area contributed by atoms with E-state index in [2.05, 4.69) is 21.5 Å². The van der Waals surface area contributed by atoms with Gasteiger partial charge in [-0.3, -0.25) is 4.79 Å². The molecule has 0 amide bonds. The number of nitrogens with zero attached hydrogens (tertiary/aromatic N) is 4. The standard InChI is InChI=1S/C24H19ClFN5OS/c1-33-11-10-28-23-20(25)12-19(22(26)29-23)21-17-4-2-3-5-18(17)24(32)31(30-21)14-16-8-6-15(13-27)7-9-16/h2-9,12H,10-11,14H2,1H3,(H,28,29). The van der Waals surface area contributed by atoms with Gasteiger partial charge in [0.2, 0.25) is 5.95 Å². The van der Waals surface area contributed by atoms with Crippen molar-refractivity contribution in [1.29, 1.82) is 5.26 Å². The van der Waals surface area contributed by atoms with E-state index in [-0.39, 0.29) is 34.2 Å². The third-order valence-corrected chi connectivity index (χ3v) is 5.97. The molecule has 0 bridgehead atoms. The van der Waals surface area contributed by atoms with Gasteiger partial charge in [-0.25, -0.2) is 9.67 Å². The second kappa shape index (κ2) is 10.0. The molecule has 0 aliphatic heterocycles. The van der Waals surface area contributed by atoms with Crippen molar-refractivity contribution < 1.29 is 4.39 Å². The van der Waals surface area contributed by atoms with E-state index >= 15 is 4.39 Å². The fraction of sp³-hybridized carbons (Fsp3) is 0.167. The SMILES string of the molecule is CSCCNc1nc(F)c(-c2nn(Cc3ccc(C#N)cc3)c(=O)c3ccccc23)cc1Cl. The van der Waals surface area contributed by atoms with Crippen LogP contribution in [0.3, 0.4) is 0 Å². The predicted molar refractivity (Wildman–Crippen MR) is 131 cm³/mol. The minimum atomic E-state index is -0.729. The number of aromatic nitrogens is 3. The molecular formula is C24H19ClFN5OS. The lowest BCUT2D eigenvalue weighted by molar-refractivity contribution is 0.585. The maximum Gasteiger partial charge on any atom is 0.274 e. The van der Waals surface area contributed by atoms with Crippen molar-refractivity contribution in [3.05, 3.63) is 87.0 Å². The van der Waals surface area contributed by atoms with Crippen LogP contribution in [-0.2, 0) is 6.54 Å². The maximum absolute atomic E-state index is 15.1. The van der Waals surface area contributed by atoms with Gasteiger partial charge in [-0.1, -0.05) is 41.9 Å². The second-order valence-electron chi connectivity index (χ2n) is 7.24. The van der Waals surface area contributed by atoms with Crippen LogP contribution in [0, 0.1) is 17.3 Å². The Hall–Kier alpha value is -3.41. The summed E-state index contributed by atoms with van der Waals surface area (Å²) in [4.78, 5) is 17.1. The van der Waals surface area contributed by atoms with Gasteiger partial charge in [0.15, 0.2) is 0 Å². The average Bonchev–Trinajstić information content (AvgIpc) is 2.83. The summed E-state index contributed by atoms with van der Waals surface area (Å²) >= 11 is 8.04. The van der Waals surface area contributed by atoms with Crippen LogP contribution in [0.1, 0.15) is 11.1 Å². The van der Waals surface area contributed by atoms with Crippen LogP contribution in [-0.4, -0.2) is 33.3 Å². The Morgan fingerprint density at radius 1 is 1.18 bits per heavy atom. The predicted octanol–water partition coefficient (Wildman–Crippen LogP) is 4.95. The molecule has 2 aromatic heterocycles. The Morgan fingerprint density at radius 2 is 1.91 bits per heavy atom. The first-order valence-electron chi connectivity index (χ1n) is 10.1. The van der Waals surface area contributed by atoms with E-state index in [1.54, 1.807) is 60.3 Å². The Labute approximate surface area is 199 Å². The molecule has 0 fully saturated rings. The van der Waals surface area contributed by atoms with Crippen LogP contribution in [0.2, 0.25) is 5.02 Å². The topological polar surface area (TPSA) is 83.6 Å². The molecule has 0 spiro atoms. The maximum atomic E-state index is 15.1. The van der Waals surface area contributed by atoms with Gasteiger partial charge < -0.3 is 5.32 Å². The third kappa shape index (κ3) is 4.85. The highest BCUT2D eigenvalue weighted by molar-refractivity contribution is 7.98. The molecule has 0 saturated heterocycles. The van der Waals surface area contributed by atoms with Gasteiger partial charge >= 0.3 is 0 Å². The summed E-state index contributed by atoms with van der Waals surface area (Å²) in [5.41, 5.74) is 1.40. The van der Waals surface area contributed by atoms with Gasteiger partial charge in [-0.05, 0) is 36.1 Å². The Kier molecular flexibility index (Phi) is 6.92. The van der Waals surface area contributed by atoms with Gasteiger partial charge in [0.1, 0.15) is 11.5 Å². The molecule has 1 N–H and O–H groups in total. The highest BCUT2D eigenvalue weighted by Gasteiger charge is 2.18. The van der Waals surface area contributed by atoms with Crippen molar-refractivity contribution in [3.63, 3.8) is 0 Å². The van der Waals surface area contributed by atoms with Crippen molar-refractivity contribution in [2.24, 2.45) is 0 Å². The first kappa shape index (κ1) is 22.8. The Bertz CT molecular complexity index is 1420. The van der Waals surface area contributed by atoms with Crippen molar-refractivity contribution in [2.45, 2.75) is 6.54 Å². The highest BCUT2D eigenvalue weighted by Crippen LogP contribution is 2.31. The van der Waals surface area contributed by atoms with E-state index in [0.29, 0.717) is 22.9 Å². The fourth-order valence-corrected chi connectivity index (χ4v) is 3.95. The normalized spacial score (nSPS) is 10.8. The molecule has 0 atom stereocenters. The average molecular weight is 480 g/mol. The lowest BCUT2D eigenvalue weighted by atomic mass is 10.1. The lowest BCUT2D eigenvalue weighted by Gasteiger charge is -2.13. The smallest absolute Gasteiger partial charge is 0.274 e. The van der Waals surface area contributed by atoms with Crippen LogP contribution < -0.4 is 10.9 Å². The second-order valence-corrected chi connectivity index (χ2v) is 8.64. The van der Waals surface area contributed by atoms with Crippen molar-refractivity contribution in [3.8, 4) is 17.3 Å². The van der Waals surface area contributed by atoms with Crippen LogP contribution in [0.4, 0.5) is 10.2 Å². The number of fused-ring (bicyclic) bond motifs is 1. The van der Waals surface area contributed by atoms with Gasteiger partial charge in [0, 0.05) is 17.7 Å². The molecule has 2 heterocycles. The lowest BCUT2D eigenvalue weighted by Crippen LogP contribution is -2.24. The van der Waals surface area contributed by atoms with E-state index in [1.165, 1.54) is 10.7 Å². The zero-order chi connectivity index (χ0) is 23.4. The largest absolute Gasteiger partial charge is 0.368 e. The van der Waals surface area contributed by atoms with E-state index in [4.69, 9.17) is 16.9 Å². The number of hydrogen-bond donors (Lipinski definition) is 1. The summed E-state index contributed by atoms with van der Waals surface area (Å²) in [6.07, 6.45) is 1.98. The monoisotopic (exact) mass is 479 g/mol. The van der Waals surface area contributed by atoms with Gasteiger partial charge in [0.25, 0.3) is 5.56 Å². The number of halogens is 2. The summed E-state index contributed by atoms with van der Waals surface area (Å²) in [6, 6.07) is 17.3. The molecular weight excluding hydrogens is 461 g/mol. The van der Waals surface area contributed by atoms with Crippen molar-refractivity contribution in [2.75, 3.05) is 23.9 Å². The summed E-state index contributed by atoms with van der Waals surface area (Å²) < 4.78 is 16.4. The quantitative estimate of drug-likeness (QED) is 0.298. The molecule has 0 aliphatic carbocycles. The summed E-state index contributed by atoms with van der Waals surface area (Å²) in [6.45, 7) is 0.767. The van der Waals surface area contributed by atoms with Gasteiger partial charge in [0.05, 0.1) is 34.1 Å². The van der Waals surface area contributed by atoms with Crippen LogP contribution in [0.15, 0.2) is 59.4 Å². The number of hydrogen-bond acceptors (Lipinski definition) is 6. The van der Waals surface area contributed by atoms with E-state index in [1.807, 2.05) is 6.26 Å². The van der Waals surface area contributed by atoms with E-state index in [9.17, 15) is 4.79 Å². The van der Waals surface area contributed by atoms with Crippen LogP contribution in [0.25, 0.3) is 22.0 Å². The number of pyridine rings is 1. The molecule has 2 aromatic carbocycles. The number of rotatable bonds is 7. The molecule has 0 aliphatic rings. The number of anilines is 1. The van der Waals surface area contributed by atoms with E-state index < -0.39 is 5.95 Å². The summed E-state index contributed by atoms with van der Waals surface area (Å²) in [5, 5.41) is 17.7. The number of nitrogens with one attached hydrogen (secondary N) is 1. The number of benzene rings is 2. The molecule has 9 heteroatoms. The Balaban J connectivity index is 1.82. The van der Waals surface area contributed by atoms with Gasteiger partial charge in [-0.15, -0.1) is 0 Å². The van der Waals surface area contributed by atoms with Gasteiger partial charge in [-0.2, -0.15) is 26.5 Å². The molecule has 0 saturated carbocycles. The number of nitriles is 1. The fourth-order valence-electron chi connectivity index (χ4n) is 3.43. The molecule has 6 nitrogen and oxygen atoms in total. The van der Waals surface area contributed by atoms with Crippen LogP contribution >= 0.6 is 23.4 Å². The molecule has 4 rings (SSSR count). The number of thioether (sulfide) groups is 1. The van der Waals surface area contributed by atoms with E-state index in [0.717, 1.165) is 11.3 Å². The minimum absolute atomic E-state index is 0.111. The zero-order valence-electron chi connectivity index (χ0n) is 17.7. The van der Waals surface area contributed by atoms with Crippen LogP contribution in [0.5, 0.6) is 0 Å². The minimum Gasteiger partial charge on any atom is -0.368 e. The molecule has 166 valence electrons. The molecule has 33 heavy (non-hydrogen) atoms. The third-order valence-electron chi connectivity index (χ3n) is 5.07. The first-order valence-corrected chi connectivity index (χ1v) is 11.9. The van der Waals surface area contributed by atoms with Crippen molar-refractivity contribution >= 4 is 40.0 Å². The Morgan fingerprint density at radius 3 is 2.61 bits per heavy atom. The molecule has 4 aromatic rings. The molecule has 0 unspecified atom stereocenters. The zero-order valence-corrected chi connectivity index (χ0v) is 19.3. The van der Waals surface area contributed by atoms with Crippen molar-refractivity contribution in [1.82, 2.24) is 14.8 Å².